The molecule has 0 aliphatic carbocycles. The summed E-state index contributed by atoms with van der Waals surface area (Å²) < 4.78 is 37.9. The van der Waals surface area contributed by atoms with E-state index in [4.69, 9.17) is 21.1 Å². The molecule has 2 rings (SSSR count). The zero-order valence-corrected chi connectivity index (χ0v) is 16.7. The molecular formula is C19H22ClNO5S. The average Bonchev–Trinajstić information content (AvgIpc) is 2.65. The van der Waals surface area contributed by atoms with Gasteiger partial charge in [-0.25, -0.2) is 8.42 Å². The maximum Gasteiger partial charge on any atom is 0.324 e. The number of carbonyl (C=O) groups excluding carboxylic acids is 1. The van der Waals surface area contributed by atoms with Crippen LogP contribution in [0.25, 0.3) is 0 Å². The van der Waals surface area contributed by atoms with Crippen LogP contribution in [0.4, 0.5) is 0 Å². The molecule has 27 heavy (non-hydrogen) atoms. The topological polar surface area (TPSA) is 81.7 Å². The first-order valence-electron chi connectivity index (χ1n) is 8.42. The highest BCUT2D eigenvalue weighted by molar-refractivity contribution is 7.89. The summed E-state index contributed by atoms with van der Waals surface area (Å²) in [4.78, 5) is 12.4. The Bertz CT molecular complexity index is 838. The summed E-state index contributed by atoms with van der Waals surface area (Å²) in [5.74, 6) is -0.335. The molecule has 6 nitrogen and oxygen atoms in total. The van der Waals surface area contributed by atoms with Crippen LogP contribution in [-0.2, 0) is 19.6 Å². The summed E-state index contributed by atoms with van der Waals surface area (Å²) in [5.41, 5.74) is 0. The van der Waals surface area contributed by atoms with E-state index in [-0.39, 0.29) is 24.0 Å². The molecule has 0 fully saturated rings. The van der Waals surface area contributed by atoms with Gasteiger partial charge in [-0.1, -0.05) is 43.6 Å². The van der Waals surface area contributed by atoms with Crippen molar-refractivity contribution < 1.29 is 22.7 Å². The Morgan fingerprint density at radius 3 is 2.26 bits per heavy atom. The van der Waals surface area contributed by atoms with Crippen LogP contribution >= 0.6 is 11.6 Å². The molecule has 2 aromatic rings. The lowest BCUT2D eigenvalue weighted by atomic mass is 10.1. The van der Waals surface area contributed by atoms with E-state index in [0.717, 1.165) is 0 Å². The number of sulfonamides is 1. The fraction of sp³-hybridized carbons (Fsp3) is 0.316. The quantitative estimate of drug-likeness (QED) is 0.506. The zero-order valence-electron chi connectivity index (χ0n) is 15.1. The smallest absolute Gasteiger partial charge is 0.324 e. The third-order valence-corrected chi connectivity index (χ3v) is 5.38. The number of halogens is 1. The van der Waals surface area contributed by atoms with Crippen molar-refractivity contribution in [1.29, 1.82) is 0 Å². The lowest BCUT2D eigenvalue weighted by Crippen LogP contribution is -2.45. The minimum absolute atomic E-state index is 0.00224. The van der Waals surface area contributed by atoms with Crippen molar-refractivity contribution in [2.45, 2.75) is 24.8 Å². The van der Waals surface area contributed by atoms with Gasteiger partial charge in [0.2, 0.25) is 10.0 Å². The number of ether oxygens (including phenoxy) is 2. The van der Waals surface area contributed by atoms with E-state index >= 15 is 0 Å². The Kier molecular flexibility index (Phi) is 7.65. The molecular weight excluding hydrogens is 390 g/mol. The summed E-state index contributed by atoms with van der Waals surface area (Å²) >= 11 is 5.80. The van der Waals surface area contributed by atoms with Crippen molar-refractivity contribution in [3.63, 3.8) is 0 Å². The number of carbonyl (C=O) groups is 1. The summed E-state index contributed by atoms with van der Waals surface area (Å²) in [7, 11) is -3.82. The second kappa shape index (κ2) is 9.73. The number of rotatable bonds is 9. The van der Waals surface area contributed by atoms with Gasteiger partial charge >= 0.3 is 5.97 Å². The fourth-order valence-corrected chi connectivity index (χ4v) is 3.69. The van der Waals surface area contributed by atoms with Gasteiger partial charge in [0, 0.05) is 5.02 Å². The molecule has 0 spiro atoms. The Balaban J connectivity index is 1.90. The van der Waals surface area contributed by atoms with Gasteiger partial charge in [0.25, 0.3) is 0 Å². The fourth-order valence-electron chi connectivity index (χ4n) is 2.21. The van der Waals surface area contributed by atoms with Gasteiger partial charge in [0.05, 0.1) is 4.90 Å². The lowest BCUT2D eigenvalue weighted by molar-refractivity contribution is -0.147. The van der Waals surface area contributed by atoms with Crippen LogP contribution < -0.4 is 9.46 Å². The van der Waals surface area contributed by atoms with E-state index < -0.39 is 22.0 Å². The Morgan fingerprint density at radius 1 is 1.04 bits per heavy atom. The Hall–Kier alpha value is -2.09. The number of benzene rings is 2. The molecule has 1 N–H and O–H groups in total. The standard InChI is InChI=1S/C19H22ClNO5S/c1-14(2)18(21-27(23,24)17-6-4-3-5-7-17)19(22)26-13-12-25-16-10-8-15(20)9-11-16/h3-11,14,18,21H,12-13H2,1-2H3/t18-/m0/s1. The second-order valence-electron chi connectivity index (χ2n) is 6.13. The van der Waals surface area contributed by atoms with Crippen LogP contribution in [0.5, 0.6) is 5.75 Å². The molecule has 146 valence electrons. The van der Waals surface area contributed by atoms with Gasteiger partial charge in [0.15, 0.2) is 0 Å². The van der Waals surface area contributed by atoms with Crippen molar-refractivity contribution in [3.8, 4) is 5.75 Å². The number of esters is 1. The highest BCUT2D eigenvalue weighted by Crippen LogP contribution is 2.15. The second-order valence-corrected chi connectivity index (χ2v) is 8.28. The van der Waals surface area contributed by atoms with Crippen molar-refractivity contribution in [2.24, 2.45) is 5.92 Å². The SMILES string of the molecule is CC(C)[C@H](NS(=O)(=O)c1ccccc1)C(=O)OCCOc1ccc(Cl)cc1. The molecule has 0 amide bonds. The van der Waals surface area contributed by atoms with Gasteiger partial charge < -0.3 is 9.47 Å². The van der Waals surface area contributed by atoms with Gasteiger partial charge in [-0.15, -0.1) is 0 Å². The molecule has 1 atom stereocenters. The normalized spacial score (nSPS) is 12.6. The predicted octanol–water partition coefficient (Wildman–Crippen LogP) is 3.27. The minimum Gasteiger partial charge on any atom is -0.490 e. The number of hydrogen-bond donors (Lipinski definition) is 1. The maximum absolute atomic E-state index is 12.4. The van der Waals surface area contributed by atoms with Gasteiger partial charge in [-0.05, 0) is 42.3 Å². The molecule has 0 aromatic heterocycles. The van der Waals surface area contributed by atoms with Crippen molar-refractivity contribution in [3.05, 3.63) is 59.6 Å². The molecule has 0 radical (unpaired) electrons. The third-order valence-electron chi connectivity index (χ3n) is 3.67. The Morgan fingerprint density at radius 2 is 1.67 bits per heavy atom. The molecule has 0 saturated heterocycles. The van der Waals surface area contributed by atoms with E-state index in [0.29, 0.717) is 10.8 Å². The van der Waals surface area contributed by atoms with Gasteiger partial charge in [0.1, 0.15) is 25.0 Å². The first-order chi connectivity index (χ1) is 12.8. The monoisotopic (exact) mass is 411 g/mol. The molecule has 0 aliphatic heterocycles. The average molecular weight is 412 g/mol. The summed E-state index contributed by atoms with van der Waals surface area (Å²) in [6.07, 6.45) is 0. The van der Waals surface area contributed by atoms with E-state index in [1.807, 2.05) is 0 Å². The first kappa shape index (κ1) is 21.2. The van der Waals surface area contributed by atoms with Crippen LogP contribution in [0.1, 0.15) is 13.8 Å². The number of nitrogens with one attached hydrogen (secondary N) is 1. The Labute approximate surface area is 164 Å². The molecule has 0 bridgehead atoms. The maximum atomic E-state index is 12.4. The largest absolute Gasteiger partial charge is 0.490 e. The highest BCUT2D eigenvalue weighted by atomic mass is 35.5. The van der Waals surface area contributed by atoms with Crippen LogP contribution in [0.3, 0.4) is 0 Å². The van der Waals surface area contributed by atoms with Crippen molar-refractivity contribution in [1.82, 2.24) is 4.72 Å². The van der Waals surface area contributed by atoms with Gasteiger partial charge in [-0.3, -0.25) is 4.79 Å². The predicted molar refractivity (Wildman–Crippen MR) is 103 cm³/mol. The van der Waals surface area contributed by atoms with Crippen molar-refractivity contribution >= 4 is 27.6 Å². The van der Waals surface area contributed by atoms with Crippen molar-refractivity contribution in [2.75, 3.05) is 13.2 Å². The molecule has 0 saturated carbocycles. The lowest BCUT2D eigenvalue weighted by Gasteiger charge is -2.21. The van der Waals surface area contributed by atoms with E-state index in [1.165, 1.54) is 12.1 Å². The summed E-state index contributed by atoms with van der Waals surface area (Å²) in [6.45, 7) is 3.62. The van der Waals surface area contributed by atoms with Crippen LogP contribution in [0.15, 0.2) is 59.5 Å². The highest BCUT2D eigenvalue weighted by Gasteiger charge is 2.29. The van der Waals surface area contributed by atoms with Crippen LogP contribution in [0.2, 0.25) is 5.02 Å². The van der Waals surface area contributed by atoms with E-state index in [1.54, 1.807) is 56.3 Å². The molecule has 0 heterocycles. The molecule has 8 heteroatoms. The minimum atomic E-state index is -3.82. The molecule has 0 unspecified atom stereocenters. The van der Waals surface area contributed by atoms with Crippen LogP contribution in [-0.4, -0.2) is 33.6 Å². The van der Waals surface area contributed by atoms with Crippen LogP contribution in [0, 0.1) is 5.92 Å². The van der Waals surface area contributed by atoms with Gasteiger partial charge in [-0.2, -0.15) is 4.72 Å². The zero-order chi connectivity index (χ0) is 19.9. The number of hydrogen-bond acceptors (Lipinski definition) is 5. The molecule has 0 aliphatic rings. The summed E-state index contributed by atoms with van der Waals surface area (Å²) in [5, 5.41) is 0.597. The van der Waals surface area contributed by atoms with E-state index in [9.17, 15) is 13.2 Å². The first-order valence-corrected chi connectivity index (χ1v) is 10.3. The van der Waals surface area contributed by atoms with E-state index in [2.05, 4.69) is 4.72 Å². The summed E-state index contributed by atoms with van der Waals surface area (Å²) in [6, 6.07) is 13.7. The molecule has 2 aromatic carbocycles. The third kappa shape index (κ3) is 6.53.